The highest BCUT2D eigenvalue weighted by Gasteiger charge is 2.12. The fraction of sp³-hybridized carbons (Fsp3) is 0.286. The van der Waals surface area contributed by atoms with Crippen LogP contribution < -0.4 is 16.0 Å². The predicted molar refractivity (Wildman–Crippen MR) is 82.6 cm³/mol. The largest absolute Gasteiger partial charge is 0.394 e. The molecule has 0 bridgehead atoms. The summed E-state index contributed by atoms with van der Waals surface area (Å²) in [5.74, 6) is 0.527. The maximum atomic E-state index is 5.81. The molecule has 1 aliphatic rings. The minimum Gasteiger partial charge on any atom is -0.394 e. The average molecular weight is 290 g/mol. The van der Waals surface area contributed by atoms with Crippen LogP contribution in [0.15, 0.2) is 30.5 Å². The van der Waals surface area contributed by atoms with Crippen molar-refractivity contribution in [1.82, 2.24) is 9.97 Å². The molecule has 1 fully saturated rings. The van der Waals surface area contributed by atoms with E-state index >= 15 is 0 Å². The van der Waals surface area contributed by atoms with Gasteiger partial charge in [0.25, 0.3) is 0 Å². The summed E-state index contributed by atoms with van der Waals surface area (Å²) in [4.78, 5) is 10.3. The molecule has 1 aliphatic heterocycles. The quantitative estimate of drug-likeness (QED) is 0.850. The van der Waals surface area contributed by atoms with E-state index in [9.17, 15) is 0 Å². The number of nitrogen functional groups attached to an aromatic ring is 1. The van der Waals surface area contributed by atoms with E-state index in [0.29, 0.717) is 11.5 Å². The van der Waals surface area contributed by atoms with Crippen LogP contribution >= 0.6 is 11.6 Å². The van der Waals surface area contributed by atoms with Crippen LogP contribution in [0.5, 0.6) is 0 Å². The van der Waals surface area contributed by atoms with Gasteiger partial charge in [-0.3, -0.25) is 0 Å². The summed E-state index contributed by atoms with van der Waals surface area (Å²) in [5, 5.41) is 3.33. The van der Waals surface area contributed by atoms with Crippen molar-refractivity contribution in [3.63, 3.8) is 0 Å². The SMILES string of the molecule is Nc1cnc(Cl)nc1Nc1ccc(N2CCCC2)cc1. The molecular formula is C14H16ClN5. The van der Waals surface area contributed by atoms with Crippen molar-refractivity contribution in [2.24, 2.45) is 0 Å². The van der Waals surface area contributed by atoms with Crippen molar-refractivity contribution in [1.29, 1.82) is 0 Å². The Morgan fingerprint density at radius 1 is 1.15 bits per heavy atom. The maximum absolute atomic E-state index is 5.81. The lowest BCUT2D eigenvalue weighted by Crippen LogP contribution is -2.17. The molecule has 5 nitrogen and oxygen atoms in total. The highest BCUT2D eigenvalue weighted by Crippen LogP contribution is 2.25. The van der Waals surface area contributed by atoms with E-state index in [1.165, 1.54) is 24.7 Å². The highest BCUT2D eigenvalue weighted by atomic mass is 35.5. The molecule has 104 valence electrons. The van der Waals surface area contributed by atoms with Gasteiger partial charge in [0.05, 0.1) is 11.9 Å². The van der Waals surface area contributed by atoms with E-state index in [0.717, 1.165) is 18.8 Å². The summed E-state index contributed by atoms with van der Waals surface area (Å²) >= 11 is 5.77. The van der Waals surface area contributed by atoms with Crippen molar-refractivity contribution >= 4 is 34.5 Å². The standard InChI is InChI=1S/C14H16ClN5/c15-14-17-9-12(16)13(19-14)18-10-3-5-11(6-4-10)20-7-1-2-8-20/h3-6,9H,1-2,7-8,16H2,(H,17,18,19). The van der Waals surface area contributed by atoms with Crippen molar-refractivity contribution in [3.05, 3.63) is 35.7 Å². The zero-order valence-electron chi connectivity index (χ0n) is 11.0. The Hall–Kier alpha value is -2.01. The number of rotatable bonds is 3. The van der Waals surface area contributed by atoms with Crippen LogP contribution in [0.25, 0.3) is 0 Å². The molecule has 3 N–H and O–H groups in total. The molecule has 2 aromatic rings. The van der Waals surface area contributed by atoms with Gasteiger partial charge in [-0.15, -0.1) is 0 Å². The average Bonchev–Trinajstić information content (AvgIpc) is 2.98. The molecule has 0 saturated carbocycles. The minimum atomic E-state index is 0.176. The Balaban J connectivity index is 1.76. The van der Waals surface area contributed by atoms with Crippen LogP contribution in [-0.4, -0.2) is 23.1 Å². The van der Waals surface area contributed by atoms with E-state index in [2.05, 4.69) is 32.3 Å². The first-order valence-electron chi connectivity index (χ1n) is 6.62. The smallest absolute Gasteiger partial charge is 0.224 e. The van der Waals surface area contributed by atoms with Gasteiger partial charge in [-0.2, -0.15) is 4.98 Å². The minimum absolute atomic E-state index is 0.176. The molecule has 1 aromatic carbocycles. The zero-order chi connectivity index (χ0) is 13.9. The van der Waals surface area contributed by atoms with Crippen molar-refractivity contribution in [2.45, 2.75) is 12.8 Å². The third-order valence-corrected chi connectivity index (χ3v) is 3.57. The van der Waals surface area contributed by atoms with Gasteiger partial charge in [0.15, 0.2) is 5.82 Å². The summed E-state index contributed by atoms with van der Waals surface area (Å²) in [5.41, 5.74) is 8.46. The lowest BCUT2D eigenvalue weighted by molar-refractivity contribution is 0.949. The molecule has 0 aliphatic carbocycles. The van der Waals surface area contributed by atoms with Crippen LogP contribution in [0.3, 0.4) is 0 Å². The van der Waals surface area contributed by atoms with Gasteiger partial charge in [0.1, 0.15) is 0 Å². The Kier molecular flexibility index (Phi) is 3.60. The second kappa shape index (κ2) is 5.54. The van der Waals surface area contributed by atoms with Gasteiger partial charge in [0.2, 0.25) is 5.28 Å². The lowest BCUT2D eigenvalue weighted by Gasteiger charge is -2.18. The fourth-order valence-electron chi connectivity index (χ4n) is 2.34. The van der Waals surface area contributed by atoms with E-state index in [1.807, 2.05) is 12.1 Å². The zero-order valence-corrected chi connectivity index (χ0v) is 11.8. The van der Waals surface area contributed by atoms with E-state index in [-0.39, 0.29) is 5.28 Å². The fourth-order valence-corrected chi connectivity index (χ4v) is 2.47. The van der Waals surface area contributed by atoms with Crippen LogP contribution in [0.2, 0.25) is 5.28 Å². The monoisotopic (exact) mass is 289 g/mol. The van der Waals surface area contributed by atoms with Crippen LogP contribution in [0, 0.1) is 0 Å². The number of nitrogens with zero attached hydrogens (tertiary/aromatic N) is 3. The van der Waals surface area contributed by atoms with Gasteiger partial charge >= 0.3 is 0 Å². The first-order valence-corrected chi connectivity index (χ1v) is 7.00. The third kappa shape index (κ3) is 2.77. The predicted octanol–water partition coefficient (Wildman–Crippen LogP) is 3.06. The Labute approximate surface area is 122 Å². The van der Waals surface area contributed by atoms with Gasteiger partial charge in [-0.25, -0.2) is 4.98 Å². The van der Waals surface area contributed by atoms with E-state index in [4.69, 9.17) is 17.3 Å². The number of halogens is 1. The number of hydrogen-bond donors (Lipinski definition) is 2. The van der Waals surface area contributed by atoms with E-state index in [1.54, 1.807) is 0 Å². The van der Waals surface area contributed by atoms with Crippen molar-refractivity contribution < 1.29 is 0 Å². The number of anilines is 4. The van der Waals surface area contributed by atoms with Gasteiger partial charge in [-0.1, -0.05) is 0 Å². The molecule has 3 rings (SSSR count). The maximum Gasteiger partial charge on any atom is 0.224 e. The second-order valence-electron chi connectivity index (χ2n) is 4.81. The molecule has 1 saturated heterocycles. The number of aromatic nitrogens is 2. The van der Waals surface area contributed by atoms with E-state index < -0.39 is 0 Å². The Morgan fingerprint density at radius 3 is 2.55 bits per heavy atom. The molecule has 0 unspecified atom stereocenters. The van der Waals surface area contributed by atoms with Crippen molar-refractivity contribution in [3.8, 4) is 0 Å². The topological polar surface area (TPSA) is 67.1 Å². The molecular weight excluding hydrogens is 274 g/mol. The molecule has 20 heavy (non-hydrogen) atoms. The lowest BCUT2D eigenvalue weighted by atomic mass is 10.2. The summed E-state index contributed by atoms with van der Waals surface area (Å²) in [6.45, 7) is 2.28. The molecule has 2 heterocycles. The van der Waals surface area contributed by atoms with Gasteiger partial charge < -0.3 is 16.0 Å². The molecule has 0 amide bonds. The molecule has 0 atom stereocenters. The first kappa shape index (κ1) is 13.0. The molecule has 6 heteroatoms. The summed E-state index contributed by atoms with van der Waals surface area (Å²) in [6.07, 6.45) is 4.04. The Bertz CT molecular complexity index is 593. The summed E-state index contributed by atoms with van der Waals surface area (Å²) in [6, 6.07) is 8.24. The number of nitrogens with one attached hydrogen (secondary N) is 1. The second-order valence-corrected chi connectivity index (χ2v) is 5.15. The molecule has 0 radical (unpaired) electrons. The summed E-state index contributed by atoms with van der Waals surface area (Å²) in [7, 11) is 0. The normalized spacial score (nSPS) is 14.6. The van der Waals surface area contributed by atoms with Gasteiger partial charge in [-0.05, 0) is 48.7 Å². The number of nitrogens with two attached hydrogens (primary N) is 1. The third-order valence-electron chi connectivity index (χ3n) is 3.39. The highest BCUT2D eigenvalue weighted by molar-refractivity contribution is 6.28. The van der Waals surface area contributed by atoms with Crippen molar-refractivity contribution in [2.75, 3.05) is 29.0 Å². The Morgan fingerprint density at radius 2 is 1.85 bits per heavy atom. The number of benzene rings is 1. The molecule has 1 aromatic heterocycles. The summed E-state index contributed by atoms with van der Waals surface area (Å²) < 4.78 is 0. The van der Waals surface area contributed by atoms with Gasteiger partial charge in [0, 0.05) is 24.5 Å². The molecule has 0 spiro atoms. The van der Waals surface area contributed by atoms with Crippen LogP contribution in [-0.2, 0) is 0 Å². The number of hydrogen-bond acceptors (Lipinski definition) is 5. The first-order chi connectivity index (χ1) is 9.72. The van der Waals surface area contributed by atoms with Crippen LogP contribution in [0.4, 0.5) is 22.9 Å². The van der Waals surface area contributed by atoms with Crippen LogP contribution in [0.1, 0.15) is 12.8 Å².